The zero-order valence-electron chi connectivity index (χ0n) is 11.1. The van der Waals surface area contributed by atoms with Crippen LogP contribution in [0.4, 0.5) is 22.0 Å². The Hall–Kier alpha value is -0.230. The van der Waals surface area contributed by atoms with Gasteiger partial charge >= 0.3 is 23.9 Å². The zero-order valence-corrected chi connectivity index (χ0v) is 13.3. The Bertz CT molecular complexity index is 412. The molecule has 1 saturated heterocycles. The Morgan fingerprint density at radius 3 is 2.43 bits per heavy atom. The topological polar surface area (TPSA) is 55.8 Å². The van der Waals surface area contributed by atoms with Crippen LogP contribution in [0.15, 0.2) is 0 Å². The molecule has 1 N–H and O–H groups in total. The largest absolute Gasteiger partial charge is 0.455 e. The van der Waals surface area contributed by atoms with E-state index in [-0.39, 0.29) is 6.42 Å². The SMILES string of the molecule is CCC(C)(I)C(=O)OC1CCOC(O)(C(F)(F)F)C1(F)F. The van der Waals surface area contributed by atoms with E-state index in [1.54, 1.807) is 29.5 Å². The van der Waals surface area contributed by atoms with Gasteiger partial charge in [-0.25, -0.2) is 0 Å². The molecule has 1 rings (SSSR count). The summed E-state index contributed by atoms with van der Waals surface area (Å²) in [7, 11) is 0. The van der Waals surface area contributed by atoms with Crippen LogP contribution in [0.3, 0.4) is 0 Å². The number of aliphatic hydroxyl groups is 1. The van der Waals surface area contributed by atoms with Gasteiger partial charge < -0.3 is 14.6 Å². The number of hydrogen-bond acceptors (Lipinski definition) is 4. The summed E-state index contributed by atoms with van der Waals surface area (Å²) in [6.07, 6.45) is -8.54. The Morgan fingerprint density at radius 2 is 2.00 bits per heavy atom. The van der Waals surface area contributed by atoms with Gasteiger partial charge in [0.05, 0.1) is 6.61 Å². The Kier molecular flexibility index (Phi) is 5.16. The van der Waals surface area contributed by atoms with Crippen molar-refractivity contribution in [1.29, 1.82) is 0 Å². The van der Waals surface area contributed by atoms with E-state index < -0.39 is 46.4 Å². The first-order valence-electron chi connectivity index (χ1n) is 6.00. The van der Waals surface area contributed by atoms with E-state index in [4.69, 9.17) is 0 Å². The maximum atomic E-state index is 13.9. The lowest BCUT2D eigenvalue weighted by atomic mass is 9.96. The molecule has 3 atom stereocenters. The maximum Gasteiger partial charge on any atom is 0.449 e. The number of hydrogen-bond donors (Lipinski definition) is 1. The van der Waals surface area contributed by atoms with Gasteiger partial charge in [-0.15, -0.1) is 0 Å². The van der Waals surface area contributed by atoms with Crippen molar-refractivity contribution in [3.05, 3.63) is 0 Å². The zero-order chi connectivity index (χ0) is 16.7. The third kappa shape index (κ3) is 3.26. The minimum Gasteiger partial charge on any atom is -0.455 e. The van der Waals surface area contributed by atoms with Crippen molar-refractivity contribution in [2.24, 2.45) is 0 Å². The molecule has 0 amide bonds. The van der Waals surface area contributed by atoms with Crippen LogP contribution < -0.4 is 0 Å². The summed E-state index contributed by atoms with van der Waals surface area (Å²) in [5, 5.41) is 9.19. The van der Waals surface area contributed by atoms with Crippen molar-refractivity contribution in [2.45, 2.75) is 54.1 Å². The molecule has 0 aromatic carbocycles. The molecule has 0 aromatic heterocycles. The lowest BCUT2D eigenvalue weighted by Gasteiger charge is -2.43. The Labute approximate surface area is 131 Å². The van der Waals surface area contributed by atoms with E-state index in [0.717, 1.165) is 0 Å². The molecule has 1 aliphatic rings. The normalized spacial score (nSPS) is 32.3. The molecule has 124 valence electrons. The maximum absolute atomic E-state index is 13.9. The molecular weight excluding hydrogens is 418 g/mol. The van der Waals surface area contributed by atoms with E-state index in [9.17, 15) is 31.9 Å². The van der Waals surface area contributed by atoms with Gasteiger partial charge in [-0.3, -0.25) is 4.79 Å². The number of carbonyl (C=O) groups excluding carboxylic acids is 1. The van der Waals surface area contributed by atoms with Crippen molar-refractivity contribution in [3.8, 4) is 0 Å². The van der Waals surface area contributed by atoms with Crippen molar-refractivity contribution in [1.82, 2.24) is 0 Å². The highest BCUT2D eigenvalue weighted by Gasteiger charge is 2.76. The summed E-state index contributed by atoms with van der Waals surface area (Å²) in [6, 6.07) is 0. The minimum atomic E-state index is -5.72. The number of rotatable bonds is 3. The second-order valence-electron chi connectivity index (χ2n) is 4.85. The number of halogens is 6. The second kappa shape index (κ2) is 5.76. The van der Waals surface area contributed by atoms with Crippen LogP contribution in [0.2, 0.25) is 0 Å². The summed E-state index contributed by atoms with van der Waals surface area (Å²) < 4.78 is 72.9. The van der Waals surface area contributed by atoms with Gasteiger partial charge in [0.25, 0.3) is 0 Å². The van der Waals surface area contributed by atoms with Gasteiger partial charge in [-0.2, -0.15) is 22.0 Å². The molecule has 0 aromatic rings. The van der Waals surface area contributed by atoms with E-state index in [1.807, 2.05) is 0 Å². The van der Waals surface area contributed by atoms with Gasteiger partial charge in [-0.05, 0) is 13.3 Å². The standard InChI is InChI=1S/C11H14F5IO4/c1-3-8(2,17)7(18)21-6-4-5-20-10(19,9(6,12)13)11(14,15)16/h6,19H,3-5H2,1-2H3. The predicted octanol–water partition coefficient (Wildman–Crippen LogP) is 2.81. The van der Waals surface area contributed by atoms with Crippen molar-refractivity contribution >= 4 is 28.6 Å². The second-order valence-corrected chi connectivity index (χ2v) is 7.23. The van der Waals surface area contributed by atoms with Gasteiger partial charge in [0.1, 0.15) is 3.42 Å². The molecule has 1 aliphatic heterocycles. The van der Waals surface area contributed by atoms with E-state index >= 15 is 0 Å². The van der Waals surface area contributed by atoms with Gasteiger partial charge in [0.15, 0.2) is 6.10 Å². The van der Waals surface area contributed by atoms with Crippen LogP contribution in [0.1, 0.15) is 26.7 Å². The fourth-order valence-electron chi connectivity index (χ4n) is 1.61. The predicted molar refractivity (Wildman–Crippen MR) is 69.1 cm³/mol. The molecular formula is C11H14F5IO4. The molecule has 0 saturated carbocycles. The first-order chi connectivity index (χ1) is 9.29. The van der Waals surface area contributed by atoms with Crippen molar-refractivity contribution in [3.63, 3.8) is 0 Å². The monoisotopic (exact) mass is 432 g/mol. The van der Waals surface area contributed by atoms with Crippen molar-refractivity contribution in [2.75, 3.05) is 6.61 Å². The highest BCUT2D eigenvalue weighted by Crippen LogP contribution is 2.49. The number of ether oxygens (including phenoxy) is 2. The molecule has 1 heterocycles. The number of alkyl halides is 6. The summed E-state index contributed by atoms with van der Waals surface area (Å²) >= 11 is 1.66. The molecule has 0 spiro atoms. The summed E-state index contributed by atoms with van der Waals surface area (Å²) in [4.78, 5) is 11.7. The van der Waals surface area contributed by atoms with Crippen LogP contribution >= 0.6 is 22.6 Å². The molecule has 1 fully saturated rings. The molecule has 10 heteroatoms. The van der Waals surface area contributed by atoms with Gasteiger partial charge in [0, 0.05) is 6.42 Å². The van der Waals surface area contributed by atoms with Gasteiger partial charge in [0.2, 0.25) is 0 Å². The minimum absolute atomic E-state index is 0.241. The summed E-state index contributed by atoms with van der Waals surface area (Å²) in [5.41, 5.74) is 0. The fraction of sp³-hybridized carbons (Fsp3) is 0.909. The Morgan fingerprint density at radius 1 is 1.48 bits per heavy atom. The highest BCUT2D eigenvalue weighted by atomic mass is 127. The van der Waals surface area contributed by atoms with E-state index in [1.165, 1.54) is 6.92 Å². The molecule has 0 bridgehead atoms. The molecule has 0 aliphatic carbocycles. The molecule has 3 unspecified atom stereocenters. The fourth-order valence-corrected chi connectivity index (χ4v) is 1.74. The third-order valence-corrected chi connectivity index (χ3v) is 4.47. The van der Waals surface area contributed by atoms with E-state index in [2.05, 4.69) is 9.47 Å². The van der Waals surface area contributed by atoms with Crippen LogP contribution in [0.25, 0.3) is 0 Å². The average molecular weight is 432 g/mol. The summed E-state index contributed by atoms with van der Waals surface area (Å²) in [6.45, 7) is 2.19. The van der Waals surface area contributed by atoms with Gasteiger partial charge in [-0.1, -0.05) is 29.5 Å². The van der Waals surface area contributed by atoms with Crippen LogP contribution in [0, 0.1) is 0 Å². The van der Waals surface area contributed by atoms with Crippen LogP contribution in [-0.4, -0.2) is 45.1 Å². The molecule has 0 radical (unpaired) electrons. The first-order valence-corrected chi connectivity index (χ1v) is 7.08. The Balaban J connectivity index is 3.03. The van der Waals surface area contributed by atoms with Crippen molar-refractivity contribution < 1.29 is 41.3 Å². The lowest BCUT2D eigenvalue weighted by Crippen LogP contribution is -2.68. The van der Waals surface area contributed by atoms with E-state index in [0.29, 0.717) is 0 Å². The first kappa shape index (κ1) is 18.8. The molecule has 4 nitrogen and oxygen atoms in total. The third-order valence-electron chi connectivity index (χ3n) is 3.27. The molecule has 21 heavy (non-hydrogen) atoms. The average Bonchev–Trinajstić information content (AvgIpc) is 2.33. The van der Waals surface area contributed by atoms with Crippen LogP contribution in [0.5, 0.6) is 0 Å². The lowest BCUT2D eigenvalue weighted by molar-refractivity contribution is -0.455. The van der Waals surface area contributed by atoms with Crippen LogP contribution in [-0.2, 0) is 14.3 Å². The number of esters is 1. The smallest absolute Gasteiger partial charge is 0.449 e. The quantitative estimate of drug-likeness (QED) is 0.323. The summed E-state index contributed by atoms with van der Waals surface area (Å²) in [5.74, 6) is -10.5. The highest BCUT2D eigenvalue weighted by molar-refractivity contribution is 14.1. The number of carbonyl (C=O) groups is 1.